The maximum absolute atomic E-state index is 8.34. The fourth-order valence-corrected chi connectivity index (χ4v) is 0.844. The maximum atomic E-state index is 8.34. The molecule has 0 aliphatic rings. The molecule has 0 aromatic rings. The van der Waals surface area contributed by atoms with Crippen LogP contribution in [0.4, 0.5) is 0 Å². The van der Waals surface area contributed by atoms with Crippen LogP contribution in [-0.2, 0) is 4.74 Å². The number of nitrogens with zero attached hydrogens (tertiary/aromatic N) is 1. The van der Waals surface area contributed by atoms with Gasteiger partial charge in [0.1, 0.15) is 6.10 Å². The van der Waals surface area contributed by atoms with E-state index >= 15 is 0 Å². The van der Waals surface area contributed by atoms with Crippen LogP contribution in [0.25, 0.3) is 0 Å². The van der Waals surface area contributed by atoms with Crippen molar-refractivity contribution in [2.75, 3.05) is 6.61 Å². The topological polar surface area (TPSA) is 67.8 Å². The number of hydrogen-bond acceptors (Lipinski definition) is 3. The van der Waals surface area contributed by atoms with E-state index in [9.17, 15) is 0 Å². The highest BCUT2D eigenvalue weighted by Gasteiger charge is 2.11. The van der Waals surface area contributed by atoms with Gasteiger partial charge in [0.15, 0.2) is 5.84 Å². The lowest BCUT2D eigenvalue weighted by Crippen LogP contribution is -2.31. The number of nitrogens with two attached hydrogens (primary N) is 1. The Morgan fingerprint density at radius 3 is 2.64 bits per heavy atom. The van der Waals surface area contributed by atoms with Gasteiger partial charge in [-0.3, -0.25) is 0 Å². The second-order valence-electron chi connectivity index (χ2n) is 2.26. The molecule has 66 valence electrons. The van der Waals surface area contributed by atoms with E-state index in [4.69, 9.17) is 15.7 Å². The van der Waals surface area contributed by atoms with E-state index in [1.54, 1.807) is 0 Å². The third kappa shape index (κ3) is 3.83. The molecule has 0 aliphatic heterocycles. The van der Waals surface area contributed by atoms with Gasteiger partial charge in [-0.2, -0.15) is 0 Å². The summed E-state index contributed by atoms with van der Waals surface area (Å²) in [6.45, 7) is 4.49. The van der Waals surface area contributed by atoms with Crippen molar-refractivity contribution >= 4 is 5.84 Å². The predicted molar refractivity (Wildman–Crippen MR) is 43.7 cm³/mol. The van der Waals surface area contributed by atoms with Gasteiger partial charge >= 0.3 is 0 Å². The molecule has 0 aromatic heterocycles. The minimum absolute atomic E-state index is 0.161. The molecular formula is C7H16N2O2. The van der Waals surface area contributed by atoms with Crippen molar-refractivity contribution < 1.29 is 9.94 Å². The van der Waals surface area contributed by atoms with Gasteiger partial charge in [-0.1, -0.05) is 18.5 Å². The minimum atomic E-state index is -0.227. The molecule has 0 fully saturated rings. The summed E-state index contributed by atoms with van der Waals surface area (Å²) in [5.41, 5.74) is 5.36. The van der Waals surface area contributed by atoms with E-state index in [1.165, 1.54) is 0 Å². The van der Waals surface area contributed by atoms with E-state index in [1.807, 2.05) is 13.8 Å². The fourth-order valence-electron chi connectivity index (χ4n) is 0.844. The van der Waals surface area contributed by atoms with Crippen LogP contribution < -0.4 is 5.73 Å². The van der Waals surface area contributed by atoms with Crippen LogP contribution in [0.2, 0.25) is 0 Å². The Labute approximate surface area is 67.0 Å². The van der Waals surface area contributed by atoms with E-state index in [0.29, 0.717) is 6.61 Å². The fraction of sp³-hybridized carbons (Fsp3) is 0.857. The Balaban J connectivity index is 3.87. The van der Waals surface area contributed by atoms with Crippen LogP contribution in [0.1, 0.15) is 26.7 Å². The highest BCUT2D eigenvalue weighted by molar-refractivity contribution is 5.84. The molecule has 0 aliphatic carbocycles. The highest BCUT2D eigenvalue weighted by Crippen LogP contribution is 2.01. The molecule has 0 amide bonds. The van der Waals surface area contributed by atoms with Crippen LogP contribution in [0.3, 0.4) is 0 Å². The number of ether oxygens (including phenoxy) is 1. The average Bonchev–Trinajstić information content (AvgIpc) is 2.03. The summed E-state index contributed by atoms with van der Waals surface area (Å²) in [5, 5.41) is 11.2. The molecule has 0 bridgehead atoms. The van der Waals surface area contributed by atoms with Crippen molar-refractivity contribution in [3.8, 4) is 0 Å². The predicted octanol–water partition coefficient (Wildman–Crippen LogP) is 0.938. The van der Waals surface area contributed by atoms with Crippen molar-refractivity contribution in [1.82, 2.24) is 0 Å². The van der Waals surface area contributed by atoms with Crippen LogP contribution >= 0.6 is 0 Å². The summed E-state index contributed by atoms with van der Waals surface area (Å²) in [7, 11) is 0. The van der Waals surface area contributed by atoms with Gasteiger partial charge < -0.3 is 15.7 Å². The number of amidine groups is 1. The number of hydrogen-bond donors (Lipinski definition) is 2. The molecular weight excluding hydrogens is 144 g/mol. The minimum Gasteiger partial charge on any atom is -0.409 e. The largest absolute Gasteiger partial charge is 0.409 e. The zero-order valence-electron chi connectivity index (χ0n) is 7.08. The smallest absolute Gasteiger partial charge is 0.168 e. The zero-order valence-corrected chi connectivity index (χ0v) is 7.08. The Kier molecular flexibility index (Phi) is 5.56. The van der Waals surface area contributed by atoms with E-state index < -0.39 is 0 Å². The van der Waals surface area contributed by atoms with Gasteiger partial charge in [0, 0.05) is 6.61 Å². The molecule has 1 unspecified atom stereocenters. The highest BCUT2D eigenvalue weighted by atomic mass is 16.5. The van der Waals surface area contributed by atoms with Gasteiger partial charge in [0.05, 0.1) is 0 Å². The second kappa shape index (κ2) is 5.97. The third-order valence-corrected chi connectivity index (χ3v) is 1.36. The summed E-state index contributed by atoms with van der Waals surface area (Å²) < 4.78 is 5.22. The van der Waals surface area contributed by atoms with E-state index in [0.717, 1.165) is 12.8 Å². The first-order chi connectivity index (χ1) is 5.26. The molecule has 0 saturated carbocycles. The van der Waals surface area contributed by atoms with Crippen molar-refractivity contribution in [2.24, 2.45) is 10.9 Å². The monoisotopic (exact) mass is 160 g/mol. The quantitative estimate of drug-likeness (QED) is 0.272. The Bertz CT molecular complexity index is 120. The standard InChI is InChI=1S/C7H16N2O2/c1-3-5-6(11-4-2)7(8)9-10/h6,10H,3-5H2,1-2H3,(H2,8,9). The molecule has 0 saturated heterocycles. The summed E-state index contributed by atoms with van der Waals surface area (Å²) in [6, 6.07) is 0. The van der Waals surface area contributed by atoms with Crippen molar-refractivity contribution in [2.45, 2.75) is 32.8 Å². The summed E-state index contributed by atoms with van der Waals surface area (Å²) >= 11 is 0. The number of oxime groups is 1. The van der Waals surface area contributed by atoms with Crippen LogP contribution in [-0.4, -0.2) is 23.8 Å². The summed E-state index contributed by atoms with van der Waals surface area (Å²) in [6.07, 6.45) is 1.53. The van der Waals surface area contributed by atoms with E-state index in [-0.39, 0.29) is 11.9 Å². The van der Waals surface area contributed by atoms with Crippen LogP contribution in [0, 0.1) is 0 Å². The molecule has 4 nitrogen and oxygen atoms in total. The first-order valence-corrected chi connectivity index (χ1v) is 3.85. The first-order valence-electron chi connectivity index (χ1n) is 3.85. The summed E-state index contributed by atoms with van der Waals surface area (Å²) in [4.78, 5) is 0. The molecule has 0 heterocycles. The second-order valence-corrected chi connectivity index (χ2v) is 2.26. The Morgan fingerprint density at radius 1 is 1.64 bits per heavy atom. The molecule has 0 aromatic carbocycles. The van der Waals surface area contributed by atoms with Crippen LogP contribution in [0.15, 0.2) is 5.16 Å². The molecule has 0 rings (SSSR count). The van der Waals surface area contributed by atoms with Crippen molar-refractivity contribution in [3.63, 3.8) is 0 Å². The SMILES string of the molecule is CCCC(OCC)/C(N)=N/O. The van der Waals surface area contributed by atoms with Gasteiger partial charge in [0.2, 0.25) is 0 Å². The van der Waals surface area contributed by atoms with Crippen LogP contribution in [0.5, 0.6) is 0 Å². The van der Waals surface area contributed by atoms with Crippen molar-refractivity contribution in [3.05, 3.63) is 0 Å². The molecule has 0 spiro atoms. The van der Waals surface area contributed by atoms with Crippen molar-refractivity contribution in [1.29, 1.82) is 0 Å². The average molecular weight is 160 g/mol. The molecule has 3 N–H and O–H groups in total. The summed E-state index contributed by atoms with van der Waals surface area (Å²) in [5.74, 6) is 0.161. The molecule has 11 heavy (non-hydrogen) atoms. The van der Waals surface area contributed by atoms with Gasteiger partial charge in [-0.05, 0) is 13.3 Å². The van der Waals surface area contributed by atoms with E-state index in [2.05, 4.69) is 5.16 Å². The number of rotatable bonds is 5. The van der Waals surface area contributed by atoms with Gasteiger partial charge in [-0.15, -0.1) is 0 Å². The maximum Gasteiger partial charge on any atom is 0.168 e. The molecule has 1 atom stereocenters. The third-order valence-electron chi connectivity index (χ3n) is 1.36. The Morgan fingerprint density at radius 2 is 2.27 bits per heavy atom. The Hall–Kier alpha value is -0.770. The van der Waals surface area contributed by atoms with Gasteiger partial charge in [0.25, 0.3) is 0 Å². The molecule has 0 radical (unpaired) electrons. The normalized spacial score (nSPS) is 14.9. The first kappa shape index (κ1) is 10.2. The zero-order chi connectivity index (χ0) is 8.69. The lowest BCUT2D eigenvalue weighted by atomic mass is 10.2. The lowest BCUT2D eigenvalue weighted by molar-refractivity contribution is 0.0991. The molecule has 4 heteroatoms. The van der Waals surface area contributed by atoms with Gasteiger partial charge in [-0.25, -0.2) is 0 Å². The lowest BCUT2D eigenvalue weighted by Gasteiger charge is -2.13.